The average molecular weight is 275 g/mol. The van der Waals surface area contributed by atoms with Crippen molar-refractivity contribution in [2.45, 2.75) is 0 Å². The predicted molar refractivity (Wildman–Crippen MR) is 77.8 cm³/mol. The molecule has 0 unspecified atom stereocenters. The van der Waals surface area contributed by atoms with Gasteiger partial charge in [-0.05, 0) is 12.1 Å². The Labute approximate surface area is 115 Å². The maximum atomic E-state index is 11.0. The van der Waals surface area contributed by atoms with Crippen molar-refractivity contribution in [3.05, 3.63) is 42.5 Å². The lowest BCUT2D eigenvalue weighted by atomic mass is 10.2. The number of nitrogens with zero attached hydrogens (tertiary/aromatic N) is 2. The van der Waals surface area contributed by atoms with E-state index in [0.717, 1.165) is 11.3 Å². The van der Waals surface area contributed by atoms with Gasteiger partial charge in [0.1, 0.15) is 12.4 Å². The fourth-order valence-electron chi connectivity index (χ4n) is 1.39. The van der Waals surface area contributed by atoms with Crippen LogP contribution in [0.5, 0.6) is 5.75 Å². The highest BCUT2D eigenvalue weighted by Gasteiger charge is 2.15. The standard InChI is InChI=1S/C13H13N3O2S/c1-2-7-18-11-6-4-3-5-10(11)8-14-16-13-15-12(17)9-19-13/h2-6,8H,1,7,9H2,(H,15,16,17)/b14-8+. The van der Waals surface area contributed by atoms with Crippen molar-refractivity contribution in [3.8, 4) is 5.75 Å². The highest BCUT2D eigenvalue weighted by atomic mass is 32.2. The molecule has 1 amide bonds. The molecule has 0 saturated carbocycles. The number of benzene rings is 1. The molecule has 1 saturated heterocycles. The van der Waals surface area contributed by atoms with E-state index < -0.39 is 0 Å². The zero-order chi connectivity index (χ0) is 13.5. The van der Waals surface area contributed by atoms with Gasteiger partial charge in [0, 0.05) is 5.56 Å². The van der Waals surface area contributed by atoms with Crippen molar-refractivity contribution >= 4 is 29.1 Å². The zero-order valence-electron chi connectivity index (χ0n) is 10.2. The van der Waals surface area contributed by atoms with Crippen LogP contribution in [0.25, 0.3) is 0 Å². The molecule has 19 heavy (non-hydrogen) atoms. The lowest BCUT2D eigenvalue weighted by molar-refractivity contribution is -0.116. The smallest absolute Gasteiger partial charge is 0.236 e. The number of carbonyl (C=O) groups excluding carboxylic acids is 1. The summed E-state index contributed by atoms with van der Waals surface area (Å²) >= 11 is 1.33. The Kier molecular flexibility index (Phi) is 4.74. The van der Waals surface area contributed by atoms with Crippen LogP contribution in [0.15, 0.2) is 47.1 Å². The molecule has 1 aliphatic heterocycles. The van der Waals surface area contributed by atoms with E-state index in [1.165, 1.54) is 11.8 Å². The number of ether oxygens (including phenoxy) is 1. The molecule has 1 N–H and O–H groups in total. The molecule has 0 radical (unpaired) electrons. The van der Waals surface area contributed by atoms with E-state index in [1.54, 1.807) is 12.3 Å². The minimum atomic E-state index is -0.0475. The number of hydrogen-bond acceptors (Lipinski definition) is 5. The molecule has 0 aromatic heterocycles. The Hall–Kier alpha value is -2.08. The monoisotopic (exact) mass is 275 g/mol. The highest BCUT2D eigenvalue weighted by molar-refractivity contribution is 8.15. The van der Waals surface area contributed by atoms with Crippen LogP contribution in [0, 0.1) is 0 Å². The van der Waals surface area contributed by atoms with Gasteiger partial charge in [-0.15, -0.1) is 5.10 Å². The van der Waals surface area contributed by atoms with Crippen LogP contribution < -0.4 is 10.1 Å². The fourth-order valence-corrected chi connectivity index (χ4v) is 2.02. The molecule has 1 aromatic carbocycles. The van der Waals surface area contributed by atoms with Gasteiger partial charge in [-0.2, -0.15) is 5.10 Å². The molecular formula is C13H13N3O2S. The van der Waals surface area contributed by atoms with Crippen molar-refractivity contribution in [3.63, 3.8) is 0 Å². The van der Waals surface area contributed by atoms with Gasteiger partial charge < -0.3 is 10.1 Å². The summed E-state index contributed by atoms with van der Waals surface area (Å²) in [6, 6.07) is 7.50. The number of para-hydroxylation sites is 1. The van der Waals surface area contributed by atoms with Gasteiger partial charge in [-0.25, -0.2) is 0 Å². The van der Waals surface area contributed by atoms with E-state index in [2.05, 4.69) is 22.1 Å². The zero-order valence-corrected chi connectivity index (χ0v) is 11.0. The first-order chi connectivity index (χ1) is 9.29. The third-order valence-corrected chi connectivity index (χ3v) is 3.07. The summed E-state index contributed by atoms with van der Waals surface area (Å²) in [5.41, 5.74) is 0.822. The average Bonchev–Trinajstić information content (AvgIpc) is 2.83. The minimum absolute atomic E-state index is 0.0475. The SMILES string of the molecule is C=CCOc1ccccc1/C=N/N=C1/NC(=O)CS1. The third-order valence-electron chi connectivity index (χ3n) is 2.21. The van der Waals surface area contributed by atoms with Gasteiger partial charge in [0.05, 0.1) is 12.0 Å². The number of rotatable bonds is 5. The maximum Gasteiger partial charge on any atom is 0.236 e. The lowest BCUT2D eigenvalue weighted by Crippen LogP contribution is -2.19. The number of amides is 1. The Balaban J connectivity index is 2.05. The summed E-state index contributed by atoms with van der Waals surface area (Å²) in [6.07, 6.45) is 3.27. The number of nitrogens with one attached hydrogen (secondary N) is 1. The van der Waals surface area contributed by atoms with Gasteiger partial charge in [-0.1, -0.05) is 36.5 Å². The van der Waals surface area contributed by atoms with Crippen LogP contribution in [0.4, 0.5) is 0 Å². The second-order valence-electron chi connectivity index (χ2n) is 3.62. The molecule has 0 spiro atoms. The van der Waals surface area contributed by atoms with Gasteiger partial charge in [-0.3, -0.25) is 4.79 Å². The molecule has 98 valence electrons. The summed E-state index contributed by atoms with van der Waals surface area (Å²) < 4.78 is 5.49. The van der Waals surface area contributed by atoms with Crippen molar-refractivity contribution in [2.75, 3.05) is 12.4 Å². The molecule has 0 aliphatic carbocycles. The van der Waals surface area contributed by atoms with E-state index >= 15 is 0 Å². The fraction of sp³-hybridized carbons (Fsp3) is 0.154. The van der Waals surface area contributed by atoms with Crippen LogP contribution in [0.3, 0.4) is 0 Å². The Bertz CT molecular complexity index is 540. The molecule has 1 aliphatic rings. The second kappa shape index (κ2) is 6.75. The van der Waals surface area contributed by atoms with Crippen molar-refractivity contribution in [1.82, 2.24) is 5.32 Å². The van der Waals surface area contributed by atoms with Crippen LogP contribution in [0.1, 0.15) is 5.56 Å². The van der Waals surface area contributed by atoms with Crippen molar-refractivity contribution in [2.24, 2.45) is 10.2 Å². The van der Waals surface area contributed by atoms with Crippen LogP contribution in [-0.4, -0.2) is 29.6 Å². The van der Waals surface area contributed by atoms with Crippen LogP contribution in [0.2, 0.25) is 0 Å². The van der Waals surface area contributed by atoms with Gasteiger partial charge in [0.25, 0.3) is 0 Å². The minimum Gasteiger partial charge on any atom is -0.489 e. The summed E-state index contributed by atoms with van der Waals surface area (Å²) in [4.78, 5) is 11.0. The van der Waals surface area contributed by atoms with Crippen LogP contribution in [-0.2, 0) is 4.79 Å². The topological polar surface area (TPSA) is 63.1 Å². The maximum absolute atomic E-state index is 11.0. The van der Waals surface area contributed by atoms with Crippen molar-refractivity contribution < 1.29 is 9.53 Å². The molecular weight excluding hydrogens is 262 g/mol. The third kappa shape index (κ3) is 3.96. The summed E-state index contributed by atoms with van der Waals surface area (Å²) in [7, 11) is 0. The summed E-state index contributed by atoms with van der Waals surface area (Å²) in [5, 5.41) is 11.0. The molecule has 0 atom stereocenters. The van der Waals surface area contributed by atoms with E-state index in [9.17, 15) is 4.79 Å². The molecule has 1 aromatic rings. The van der Waals surface area contributed by atoms with E-state index in [4.69, 9.17) is 4.74 Å². The Morgan fingerprint density at radius 1 is 1.47 bits per heavy atom. The first-order valence-corrected chi connectivity index (χ1v) is 6.64. The largest absolute Gasteiger partial charge is 0.489 e. The van der Waals surface area contributed by atoms with Gasteiger partial charge in [0.15, 0.2) is 5.17 Å². The van der Waals surface area contributed by atoms with E-state index in [0.29, 0.717) is 17.5 Å². The van der Waals surface area contributed by atoms with Crippen LogP contribution >= 0.6 is 11.8 Å². The van der Waals surface area contributed by atoms with Gasteiger partial charge in [0.2, 0.25) is 5.91 Å². The Morgan fingerprint density at radius 3 is 3.05 bits per heavy atom. The number of hydrogen-bond donors (Lipinski definition) is 1. The number of thioether (sulfide) groups is 1. The molecule has 5 nitrogen and oxygen atoms in total. The molecule has 2 rings (SSSR count). The first-order valence-electron chi connectivity index (χ1n) is 5.66. The second-order valence-corrected chi connectivity index (χ2v) is 4.59. The lowest BCUT2D eigenvalue weighted by Gasteiger charge is -2.05. The summed E-state index contributed by atoms with van der Waals surface area (Å²) in [6.45, 7) is 4.04. The first kappa shape index (κ1) is 13.4. The Morgan fingerprint density at radius 2 is 2.32 bits per heavy atom. The van der Waals surface area contributed by atoms with Gasteiger partial charge >= 0.3 is 0 Å². The summed E-state index contributed by atoms with van der Waals surface area (Å²) in [5.74, 6) is 1.07. The number of amidine groups is 1. The molecule has 1 heterocycles. The molecule has 0 bridgehead atoms. The van der Waals surface area contributed by atoms with E-state index in [-0.39, 0.29) is 5.91 Å². The quantitative estimate of drug-likeness (QED) is 0.506. The number of carbonyl (C=O) groups is 1. The predicted octanol–water partition coefficient (Wildman–Crippen LogP) is 1.80. The van der Waals surface area contributed by atoms with Crippen molar-refractivity contribution in [1.29, 1.82) is 0 Å². The molecule has 6 heteroatoms. The van der Waals surface area contributed by atoms with E-state index in [1.807, 2.05) is 24.3 Å². The highest BCUT2D eigenvalue weighted by Crippen LogP contribution is 2.16. The normalized spacial score (nSPS) is 16.8. The molecule has 1 fully saturated rings.